The molecule has 2 aliphatic carbocycles. The minimum atomic E-state index is -0.784. The van der Waals surface area contributed by atoms with E-state index in [0.29, 0.717) is 25.3 Å². The lowest BCUT2D eigenvalue weighted by molar-refractivity contribution is -0.136. The Morgan fingerprint density at radius 2 is 1.92 bits per heavy atom. The first kappa shape index (κ1) is 19.1. The van der Waals surface area contributed by atoms with Crippen LogP contribution in [0.3, 0.4) is 0 Å². The number of nitrogens with zero attached hydrogens (tertiary/aromatic N) is 1. The van der Waals surface area contributed by atoms with E-state index in [0.717, 1.165) is 49.8 Å². The molecule has 2 unspecified atom stereocenters. The molecular weight excluding hydrogens is 332 g/mol. The van der Waals surface area contributed by atoms with Crippen molar-refractivity contribution in [1.82, 2.24) is 15.5 Å². The van der Waals surface area contributed by atoms with E-state index in [9.17, 15) is 14.4 Å². The van der Waals surface area contributed by atoms with Gasteiger partial charge < -0.3 is 16.4 Å². The second kappa shape index (κ2) is 7.94. The van der Waals surface area contributed by atoms with E-state index in [-0.39, 0.29) is 30.3 Å². The molecule has 1 aliphatic heterocycles. The van der Waals surface area contributed by atoms with E-state index < -0.39 is 11.6 Å². The molecule has 7 nitrogen and oxygen atoms in total. The number of imide groups is 1. The molecule has 146 valence electrons. The normalized spacial score (nSPS) is 34.8. The minimum Gasteiger partial charge on any atom is -0.351 e. The third kappa shape index (κ3) is 3.72. The van der Waals surface area contributed by atoms with Gasteiger partial charge in [-0.2, -0.15) is 0 Å². The summed E-state index contributed by atoms with van der Waals surface area (Å²) in [5.41, 5.74) is 5.03. The molecule has 1 saturated heterocycles. The SMILES string of the molecule is CCC1CCC2(CC1)NC(=O)N(CC(=O)NC1CCCCC1CN)C2=O. The predicted molar refractivity (Wildman–Crippen MR) is 98.2 cm³/mol. The van der Waals surface area contributed by atoms with Gasteiger partial charge in [-0.15, -0.1) is 0 Å². The molecule has 1 heterocycles. The Labute approximate surface area is 155 Å². The highest BCUT2D eigenvalue weighted by atomic mass is 16.2. The van der Waals surface area contributed by atoms with Gasteiger partial charge in [-0.3, -0.25) is 14.5 Å². The molecule has 3 aliphatic rings. The quantitative estimate of drug-likeness (QED) is 0.643. The maximum absolute atomic E-state index is 12.9. The van der Waals surface area contributed by atoms with Crippen LogP contribution in [0.2, 0.25) is 0 Å². The number of hydrogen-bond donors (Lipinski definition) is 3. The fraction of sp³-hybridized carbons (Fsp3) is 0.842. The predicted octanol–water partition coefficient (Wildman–Crippen LogP) is 1.51. The number of hydrogen-bond acceptors (Lipinski definition) is 4. The average Bonchev–Trinajstić information content (AvgIpc) is 2.87. The van der Waals surface area contributed by atoms with Crippen molar-refractivity contribution >= 4 is 17.8 Å². The number of carbonyl (C=O) groups excluding carboxylic acids is 3. The van der Waals surface area contributed by atoms with Gasteiger partial charge in [0, 0.05) is 6.04 Å². The van der Waals surface area contributed by atoms with E-state index in [1.807, 2.05) is 0 Å². The number of rotatable bonds is 5. The summed E-state index contributed by atoms with van der Waals surface area (Å²) in [6, 6.07) is -0.380. The maximum Gasteiger partial charge on any atom is 0.325 e. The first-order chi connectivity index (χ1) is 12.5. The Hall–Kier alpha value is -1.63. The Morgan fingerprint density at radius 1 is 1.23 bits per heavy atom. The molecule has 0 aromatic heterocycles. The number of nitrogens with one attached hydrogen (secondary N) is 2. The molecular formula is C19H32N4O3. The molecule has 0 aromatic carbocycles. The van der Waals surface area contributed by atoms with Crippen LogP contribution in [-0.4, -0.2) is 47.4 Å². The van der Waals surface area contributed by atoms with E-state index >= 15 is 0 Å². The zero-order chi connectivity index (χ0) is 18.7. The Bertz CT molecular complexity index is 557. The zero-order valence-corrected chi connectivity index (χ0v) is 15.8. The first-order valence-electron chi connectivity index (χ1n) is 10.1. The van der Waals surface area contributed by atoms with Crippen molar-refractivity contribution < 1.29 is 14.4 Å². The maximum atomic E-state index is 12.9. The lowest BCUT2D eigenvalue weighted by atomic mass is 9.75. The highest BCUT2D eigenvalue weighted by Gasteiger charge is 2.52. The summed E-state index contributed by atoms with van der Waals surface area (Å²) >= 11 is 0. The van der Waals surface area contributed by atoms with Gasteiger partial charge in [-0.25, -0.2) is 4.79 Å². The van der Waals surface area contributed by atoms with Gasteiger partial charge in [0.1, 0.15) is 12.1 Å². The van der Waals surface area contributed by atoms with Crippen molar-refractivity contribution in [3.05, 3.63) is 0 Å². The van der Waals surface area contributed by atoms with Gasteiger partial charge in [0.15, 0.2) is 0 Å². The smallest absolute Gasteiger partial charge is 0.325 e. The zero-order valence-electron chi connectivity index (χ0n) is 15.8. The first-order valence-corrected chi connectivity index (χ1v) is 10.1. The van der Waals surface area contributed by atoms with Crippen LogP contribution in [0.4, 0.5) is 4.79 Å². The Kier molecular flexibility index (Phi) is 5.85. The molecule has 2 atom stereocenters. The number of carbonyl (C=O) groups is 3. The van der Waals surface area contributed by atoms with E-state index in [4.69, 9.17) is 5.73 Å². The molecule has 0 aromatic rings. The highest BCUT2D eigenvalue weighted by molar-refractivity contribution is 6.09. The van der Waals surface area contributed by atoms with E-state index in [1.165, 1.54) is 0 Å². The molecule has 7 heteroatoms. The standard InChI is InChI=1S/C19H32N4O3/c1-2-13-7-9-19(10-8-13)17(25)23(18(26)22-19)12-16(24)21-15-6-4-3-5-14(15)11-20/h13-15H,2-12,20H2,1H3,(H,21,24)(H,22,26). The topological polar surface area (TPSA) is 105 Å². The summed E-state index contributed by atoms with van der Waals surface area (Å²) in [4.78, 5) is 38.8. The van der Waals surface area contributed by atoms with Crippen molar-refractivity contribution in [1.29, 1.82) is 0 Å². The van der Waals surface area contributed by atoms with Crippen LogP contribution in [0.25, 0.3) is 0 Å². The molecule has 0 radical (unpaired) electrons. The Balaban J connectivity index is 1.58. The van der Waals surface area contributed by atoms with Crippen LogP contribution in [0, 0.1) is 11.8 Å². The molecule has 26 heavy (non-hydrogen) atoms. The van der Waals surface area contributed by atoms with E-state index in [1.54, 1.807) is 0 Å². The van der Waals surface area contributed by atoms with Crippen LogP contribution >= 0.6 is 0 Å². The largest absolute Gasteiger partial charge is 0.351 e. The van der Waals surface area contributed by atoms with Crippen LogP contribution in [0.5, 0.6) is 0 Å². The van der Waals surface area contributed by atoms with Gasteiger partial charge in [0.2, 0.25) is 5.91 Å². The van der Waals surface area contributed by atoms with Gasteiger partial charge >= 0.3 is 6.03 Å². The molecule has 1 spiro atoms. The lowest BCUT2D eigenvalue weighted by Gasteiger charge is -2.34. The van der Waals surface area contributed by atoms with Gasteiger partial charge in [-0.05, 0) is 56.9 Å². The summed E-state index contributed by atoms with van der Waals surface area (Å²) in [5, 5.41) is 5.88. The fourth-order valence-electron chi connectivity index (χ4n) is 4.81. The average molecular weight is 364 g/mol. The van der Waals surface area contributed by atoms with Crippen molar-refractivity contribution in [2.75, 3.05) is 13.1 Å². The molecule has 3 rings (SSSR count). The number of nitrogens with two attached hydrogens (primary N) is 1. The summed E-state index contributed by atoms with van der Waals surface area (Å²) in [6.45, 7) is 2.52. The summed E-state index contributed by atoms with van der Waals surface area (Å²) in [5.74, 6) is 0.415. The van der Waals surface area contributed by atoms with E-state index in [2.05, 4.69) is 17.6 Å². The third-order valence-electron chi connectivity index (χ3n) is 6.64. The Morgan fingerprint density at radius 3 is 2.58 bits per heavy atom. The second-order valence-electron chi connectivity index (χ2n) is 8.21. The molecule has 3 fully saturated rings. The third-order valence-corrected chi connectivity index (χ3v) is 6.64. The fourth-order valence-corrected chi connectivity index (χ4v) is 4.81. The highest BCUT2D eigenvalue weighted by Crippen LogP contribution is 2.37. The molecule has 0 bridgehead atoms. The lowest BCUT2D eigenvalue weighted by Crippen LogP contribution is -2.51. The number of amides is 4. The molecule has 4 N–H and O–H groups in total. The summed E-state index contributed by atoms with van der Waals surface area (Å²) < 4.78 is 0. The van der Waals surface area contributed by atoms with Crippen LogP contribution < -0.4 is 16.4 Å². The summed E-state index contributed by atoms with van der Waals surface area (Å²) in [6.07, 6.45) is 8.50. The second-order valence-corrected chi connectivity index (χ2v) is 8.21. The van der Waals surface area contributed by atoms with Crippen molar-refractivity contribution in [3.63, 3.8) is 0 Å². The molecule has 2 saturated carbocycles. The summed E-state index contributed by atoms with van der Waals surface area (Å²) in [7, 11) is 0. The van der Waals surface area contributed by atoms with Crippen molar-refractivity contribution in [2.24, 2.45) is 17.6 Å². The van der Waals surface area contributed by atoms with Crippen molar-refractivity contribution in [2.45, 2.75) is 76.3 Å². The van der Waals surface area contributed by atoms with Gasteiger partial charge in [-0.1, -0.05) is 26.2 Å². The minimum absolute atomic E-state index is 0.0518. The molecule has 4 amide bonds. The van der Waals surface area contributed by atoms with Crippen molar-refractivity contribution in [3.8, 4) is 0 Å². The number of urea groups is 1. The van der Waals surface area contributed by atoms with Crippen LogP contribution in [0.1, 0.15) is 64.7 Å². The van der Waals surface area contributed by atoms with Gasteiger partial charge in [0.05, 0.1) is 0 Å². The van der Waals surface area contributed by atoms with Gasteiger partial charge in [0.25, 0.3) is 5.91 Å². The monoisotopic (exact) mass is 364 g/mol. The van der Waals surface area contributed by atoms with Crippen LogP contribution in [-0.2, 0) is 9.59 Å². The van der Waals surface area contributed by atoms with Crippen LogP contribution in [0.15, 0.2) is 0 Å².